The Bertz CT molecular complexity index is 185. The normalized spacial score (nSPS) is 22.9. The third kappa shape index (κ3) is 3.58. The van der Waals surface area contributed by atoms with Gasteiger partial charge in [0, 0.05) is 18.6 Å². The highest BCUT2D eigenvalue weighted by Crippen LogP contribution is 2.29. The second-order valence-corrected chi connectivity index (χ2v) is 6.04. The fourth-order valence-corrected chi connectivity index (χ4v) is 2.45. The van der Waals surface area contributed by atoms with Crippen LogP contribution in [0.3, 0.4) is 0 Å². The van der Waals surface area contributed by atoms with Gasteiger partial charge in [-0.1, -0.05) is 20.8 Å². The van der Waals surface area contributed by atoms with E-state index in [-0.39, 0.29) is 5.54 Å². The number of nitrogens with zero attached hydrogens (tertiary/aromatic N) is 1. The summed E-state index contributed by atoms with van der Waals surface area (Å²) in [7, 11) is 0. The van der Waals surface area contributed by atoms with Crippen LogP contribution < -0.4 is 5.32 Å². The van der Waals surface area contributed by atoms with Crippen LogP contribution in [-0.4, -0.2) is 36.6 Å². The van der Waals surface area contributed by atoms with Crippen LogP contribution in [-0.2, 0) is 0 Å². The molecule has 1 heterocycles. The van der Waals surface area contributed by atoms with Crippen LogP contribution in [0.5, 0.6) is 0 Å². The molecule has 1 rings (SSSR count). The van der Waals surface area contributed by atoms with Crippen molar-refractivity contribution in [1.29, 1.82) is 0 Å². The number of hydrogen-bond acceptors (Lipinski definition) is 2. The summed E-state index contributed by atoms with van der Waals surface area (Å²) in [6.07, 6.45) is 1.34. The molecule has 1 aliphatic rings. The predicted octanol–water partition coefficient (Wildman–Crippen LogP) is 2.11. The highest BCUT2D eigenvalue weighted by atomic mass is 15.2. The van der Waals surface area contributed by atoms with Crippen molar-refractivity contribution in [3.63, 3.8) is 0 Å². The van der Waals surface area contributed by atoms with Gasteiger partial charge in [-0.15, -0.1) is 0 Å². The highest BCUT2D eigenvalue weighted by Gasteiger charge is 2.31. The van der Waals surface area contributed by atoms with Gasteiger partial charge < -0.3 is 10.2 Å². The summed E-state index contributed by atoms with van der Waals surface area (Å²) < 4.78 is 0. The van der Waals surface area contributed by atoms with E-state index >= 15 is 0 Å². The molecule has 0 unspecified atom stereocenters. The van der Waals surface area contributed by atoms with E-state index in [9.17, 15) is 0 Å². The first-order chi connectivity index (χ1) is 6.35. The van der Waals surface area contributed by atoms with Gasteiger partial charge in [0.25, 0.3) is 0 Å². The standard InChI is InChI=1S/C12H26N2/c1-6-13-12(4,5)10-14-8-7-11(2,3)9-14/h13H,6-10H2,1-5H3. The molecule has 84 valence electrons. The van der Waals surface area contributed by atoms with Gasteiger partial charge in [-0.05, 0) is 38.8 Å². The molecule has 1 aliphatic heterocycles. The van der Waals surface area contributed by atoms with E-state index in [0.717, 1.165) is 6.54 Å². The van der Waals surface area contributed by atoms with Crippen LogP contribution in [0, 0.1) is 5.41 Å². The van der Waals surface area contributed by atoms with Crippen LogP contribution in [0.25, 0.3) is 0 Å². The Morgan fingerprint density at radius 2 is 2.00 bits per heavy atom. The lowest BCUT2D eigenvalue weighted by atomic mass is 9.93. The van der Waals surface area contributed by atoms with Gasteiger partial charge >= 0.3 is 0 Å². The van der Waals surface area contributed by atoms with Crippen molar-refractivity contribution in [1.82, 2.24) is 10.2 Å². The van der Waals surface area contributed by atoms with Crippen molar-refractivity contribution in [3.8, 4) is 0 Å². The molecule has 1 saturated heterocycles. The van der Waals surface area contributed by atoms with Crippen LogP contribution in [0.4, 0.5) is 0 Å². The molecular weight excluding hydrogens is 172 g/mol. The SMILES string of the molecule is CCNC(C)(C)CN1CCC(C)(C)C1. The average molecular weight is 198 g/mol. The average Bonchev–Trinajstić information content (AvgIpc) is 2.28. The molecule has 2 heteroatoms. The second-order valence-electron chi connectivity index (χ2n) is 6.04. The topological polar surface area (TPSA) is 15.3 Å². The van der Waals surface area contributed by atoms with E-state index in [2.05, 4.69) is 44.8 Å². The molecule has 1 N–H and O–H groups in total. The van der Waals surface area contributed by atoms with E-state index in [1.54, 1.807) is 0 Å². The third-order valence-corrected chi connectivity index (χ3v) is 3.03. The molecule has 0 aromatic carbocycles. The number of nitrogens with one attached hydrogen (secondary N) is 1. The summed E-state index contributed by atoms with van der Waals surface area (Å²) in [4.78, 5) is 2.59. The summed E-state index contributed by atoms with van der Waals surface area (Å²) in [5, 5.41) is 3.53. The fourth-order valence-electron chi connectivity index (χ4n) is 2.45. The molecule has 1 fully saturated rings. The van der Waals surface area contributed by atoms with Crippen molar-refractivity contribution in [2.75, 3.05) is 26.2 Å². The molecule has 0 amide bonds. The lowest BCUT2D eigenvalue weighted by Gasteiger charge is -2.31. The molecule has 0 spiro atoms. The maximum Gasteiger partial charge on any atom is 0.0252 e. The van der Waals surface area contributed by atoms with Crippen LogP contribution in [0.2, 0.25) is 0 Å². The zero-order chi connectivity index (χ0) is 10.8. The smallest absolute Gasteiger partial charge is 0.0252 e. The van der Waals surface area contributed by atoms with Gasteiger partial charge in [0.2, 0.25) is 0 Å². The minimum atomic E-state index is 0.259. The van der Waals surface area contributed by atoms with Crippen LogP contribution in [0.15, 0.2) is 0 Å². The zero-order valence-corrected chi connectivity index (χ0v) is 10.5. The van der Waals surface area contributed by atoms with E-state index in [0.29, 0.717) is 5.41 Å². The molecule has 2 nitrogen and oxygen atoms in total. The molecule has 0 radical (unpaired) electrons. The lowest BCUT2D eigenvalue weighted by molar-refractivity contribution is 0.219. The Balaban J connectivity index is 2.39. The minimum Gasteiger partial charge on any atom is -0.311 e. The Morgan fingerprint density at radius 3 is 2.43 bits per heavy atom. The van der Waals surface area contributed by atoms with Crippen LogP contribution in [0.1, 0.15) is 41.0 Å². The molecule has 0 aromatic rings. The summed E-state index contributed by atoms with van der Waals surface area (Å²) in [5.41, 5.74) is 0.789. The molecule has 0 atom stereocenters. The minimum absolute atomic E-state index is 0.259. The van der Waals surface area contributed by atoms with Gasteiger partial charge in [0.1, 0.15) is 0 Å². The van der Waals surface area contributed by atoms with E-state index in [4.69, 9.17) is 0 Å². The van der Waals surface area contributed by atoms with Crippen molar-refractivity contribution in [2.45, 2.75) is 46.6 Å². The highest BCUT2D eigenvalue weighted by molar-refractivity contribution is 4.88. The molecule has 0 bridgehead atoms. The van der Waals surface area contributed by atoms with E-state index < -0.39 is 0 Å². The lowest BCUT2D eigenvalue weighted by Crippen LogP contribution is -2.48. The predicted molar refractivity (Wildman–Crippen MR) is 62.6 cm³/mol. The third-order valence-electron chi connectivity index (χ3n) is 3.03. The first-order valence-corrected chi connectivity index (χ1v) is 5.82. The maximum atomic E-state index is 3.53. The quantitative estimate of drug-likeness (QED) is 0.744. The molecular formula is C12H26N2. The Hall–Kier alpha value is -0.0800. The molecule has 0 aromatic heterocycles. The van der Waals surface area contributed by atoms with Crippen molar-refractivity contribution in [3.05, 3.63) is 0 Å². The van der Waals surface area contributed by atoms with Crippen molar-refractivity contribution >= 4 is 0 Å². The van der Waals surface area contributed by atoms with Gasteiger partial charge in [-0.2, -0.15) is 0 Å². The Morgan fingerprint density at radius 1 is 1.36 bits per heavy atom. The van der Waals surface area contributed by atoms with E-state index in [1.165, 1.54) is 26.1 Å². The van der Waals surface area contributed by atoms with Gasteiger partial charge in [0.15, 0.2) is 0 Å². The number of likely N-dealkylation sites (tertiary alicyclic amines) is 1. The number of hydrogen-bond donors (Lipinski definition) is 1. The van der Waals surface area contributed by atoms with Gasteiger partial charge in [-0.25, -0.2) is 0 Å². The van der Waals surface area contributed by atoms with Gasteiger partial charge in [0.05, 0.1) is 0 Å². The largest absolute Gasteiger partial charge is 0.311 e. The maximum absolute atomic E-state index is 3.53. The summed E-state index contributed by atoms with van der Waals surface area (Å²) in [5.74, 6) is 0. The summed E-state index contributed by atoms with van der Waals surface area (Å²) in [6.45, 7) is 16.2. The summed E-state index contributed by atoms with van der Waals surface area (Å²) >= 11 is 0. The Kier molecular flexibility index (Phi) is 3.59. The van der Waals surface area contributed by atoms with Crippen molar-refractivity contribution in [2.24, 2.45) is 5.41 Å². The monoisotopic (exact) mass is 198 g/mol. The second kappa shape index (κ2) is 4.19. The fraction of sp³-hybridized carbons (Fsp3) is 1.00. The number of rotatable bonds is 4. The summed E-state index contributed by atoms with van der Waals surface area (Å²) in [6, 6.07) is 0. The number of likely N-dealkylation sites (N-methyl/N-ethyl adjacent to an activating group) is 1. The van der Waals surface area contributed by atoms with E-state index in [1.807, 2.05) is 0 Å². The molecule has 14 heavy (non-hydrogen) atoms. The molecule has 0 aliphatic carbocycles. The first-order valence-electron chi connectivity index (χ1n) is 5.82. The van der Waals surface area contributed by atoms with Crippen LogP contribution >= 0.6 is 0 Å². The first kappa shape index (κ1) is 12.0. The molecule has 0 saturated carbocycles. The zero-order valence-electron chi connectivity index (χ0n) is 10.5. The Labute approximate surface area is 89.1 Å². The van der Waals surface area contributed by atoms with Crippen molar-refractivity contribution < 1.29 is 0 Å². The van der Waals surface area contributed by atoms with Gasteiger partial charge in [-0.3, -0.25) is 0 Å².